The van der Waals surface area contributed by atoms with Crippen molar-refractivity contribution in [1.82, 2.24) is 10.2 Å². The topological polar surface area (TPSA) is 98.7 Å². The largest absolute Gasteiger partial charge is 0.392 e. The van der Waals surface area contributed by atoms with Crippen LogP contribution >= 0.6 is 0 Å². The predicted molar refractivity (Wildman–Crippen MR) is 115 cm³/mol. The maximum Gasteiger partial charge on any atom is 0.250 e. The van der Waals surface area contributed by atoms with Gasteiger partial charge in [-0.2, -0.15) is 0 Å². The first-order valence-corrected chi connectivity index (χ1v) is 11.7. The van der Waals surface area contributed by atoms with Crippen LogP contribution in [0.3, 0.4) is 0 Å². The van der Waals surface area contributed by atoms with Crippen molar-refractivity contribution in [3.8, 4) is 0 Å². The number of hydrogen-bond acceptors (Lipinski definition) is 5. The minimum atomic E-state index is -1.32. The molecule has 1 aromatic rings. The van der Waals surface area contributed by atoms with Gasteiger partial charge in [0.15, 0.2) is 0 Å². The van der Waals surface area contributed by atoms with Gasteiger partial charge in [0.2, 0.25) is 17.7 Å². The highest BCUT2D eigenvalue weighted by molar-refractivity contribution is 6.15. The highest BCUT2D eigenvalue weighted by atomic mass is 16.3. The summed E-state index contributed by atoms with van der Waals surface area (Å²) in [4.78, 5) is 42.4. The van der Waals surface area contributed by atoms with Gasteiger partial charge >= 0.3 is 0 Å². The van der Waals surface area contributed by atoms with Crippen LogP contribution in [0.2, 0.25) is 0 Å². The number of benzene rings is 1. The molecule has 1 aliphatic carbocycles. The van der Waals surface area contributed by atoms with Crippen molar-refractivity contribution >= 4 is 23.4 Å². The standard InChI is InChI=1S/C24H31N3O4/c1-3-14-9-8-12-16-20(14)25-23(31)24(16)18-17(19(26-24)13(2)28)21(29)27(22(18)30)15-10-6-4-5-7-11-15/h8-9,12-13,15,17-19,26,28H,3-7,10-11H2,1-2H3,(H,25,31)/t13-,17+,18+,19+,24+/m1/s1. The second-order valence-corrected chi connectivity index (χ2v) is 9.56. The first kappa shape index (κ1) is 20.6. The Labute approximate surface area is 182 Å². The van der Waals surface area contributed by atoms with Crippen LogP contribution in [0.4, 0.5) is 5.69 Å². The van der Waals surface area contributed by atoms with Crippen LogP contribution in [0.25, 0.3) is 0 Å². The molecule has 3 heterocycles. The third-order valence-electron chi connectivity index (χ3n) is 7.90. The molecule has 31 heavy (non-hydrogen) atoms. The summed E-state index contributed by atoms with van der Waals surface area (Å²) in [5, 5.41) is 16.8. The van der Waals surface area contributed by atoms with Gasteiger partial charge in [0.05, 0.1) is 17.9 Å². The third-order valence-corrected chi connectivity index (χ3v) is 7.90. The normalized spacial score (nSPS) is 34.1. The number of imide groups is 1. The average Bonchev–Trinajstić information content (AvgIpc) is 3.23. The van der Waals surface area contributed by atoms with Gasteiger partial charge in [0.1, 0.15) is 5.54 Å². The Morgan fingerprint density at radius 3 is 2.48 bits per heavy atom. The molecule has 5 rings (SSSR count). The van der Waals surface area contributed by atoms with E-state index in [1.807, 2.05) is 25.1 Å². The molecule has 166 valence electrons. The number of nitrogens with one attached hydrogen (secondary N) is 2. The van der Waals surface area contributed by atoms with Crippen LogP contribution in [-0.2, 0) is 26.3 Å². The Hall–Kier alpha value is -2.25. The van der Waals surface area contributed by atoms with E-state index in [9.17, 15) is 19.5 Å². The molecular weight excluding hydrogens is 394 g/mol. The fourth-order valence-corrected chi connectivity index (χ4v) is 6.43. The van der Waals surface area contributed by atoms with Gasteiger partial charge in [-0.25, -0.2) is 0 Å². The van der Waals surface area contributed by atoms with Crippen LogP contribution in [0.5, 0.6) is 0 Å². The summed E-state index contributed by atoms with van der Waals surface area (Å²) in [6.45, 7) is 3.64. The molecule has 0 aromatic heterocycles. The minimum Gasteiger partial charge on any atom is -0.392 e. The molecule has 7 nitrogen and oxygen atoms in total. The van der Waals surface area contributed by atoms with Crippen LogP contribution in [0.1, 0.15) is 63.5 Å². The number of aliphatic hydroxyl groups excluding tert-OH is 1. The van der Waals surface area contributed by atoms with Crippen LogP contribution in [0.15, 0.2) is 18.2 Å². The highest BCUT2D eigenvalue weighted by Gasteiger charge is 2.71. The number of aliphatic hydroxyl groups is 1. The monoisotopic (exact) mass is 425 g/mol. The van der Waals surface area contributed by atoms with E-state index in [1.165, 1.54) is 4.90 Å². The van der Waals surface area contributed by atoms with E-state index in [0.717, 1.165) is 61.8 Å². The van der Waals surface area contributed by atoms with Gasteiger partial charge in [-0.05, 0) is 31.7 Å². The SMILES string of the molecule is CCc1cccc2c1NC(=O)[C@]21N[C@@H]([C@@H](C)O)[C@H]2C(=O)N(C3CCCCCC3)C(=O)[C@H]21. The second-order valence-electron chi connectivity index (χ2n) is 9.56. The smallest absolute Gasteiger partial charge is 0.250 e. The van der Waals surface area contributed by atoms with Gasteiger partial charge < -0.3 is 10.4 Å². The number of hydrogen-bond donors (Lipinski definition) is 3. The number of para-hydroxylation sites is 1. The van der Waals surface area contributed by atoms with Crippen molar-refractivity contribution in [2.45, 2.75) is 82.5 Å². The maximum atomic E-state index is 13.9. The van der Waals surface area contributed by atoms with Crippen molar-refractivity contribution < 1.29 is 19.5 Å². The lowest BCUT2D eigenvalue weighted by molar-refractivity contribution is -0.146. The Bertz CT molecular complexity index is 937. The number of anilines is 1. The fraction of sp³-hybridized carbons (Fsp3) is 0.625. The third kappa shape index (κ3) is 2.75. The van der Waals surface area contributed by atoms with E-state index in [-0.39, 0.29) is 23.8 Å². The van der Waals surface area contributed by atoms with Gasteiger partial charge in [0.25, 0.3) is 0 Å². The molecule has 3 amide bonds. The van der Waals surface area contributed by atoms with Crippen LogP contribution < -0.4 is 10.6 Å². The molecule has 1 spiro atoms. The van der Waals surface area contributed by atoms with E-state index in [4.69, 9.17) is 0 Å². The lowest BCUT2D eigenvalue weighted by atomic mass is 9.76. The Morgan fingerprint density at radius 2 is 1.84 bits per heavy atom. The van der Waals surface area contributed by atoms with Gasteiger partial charge in [0, 0.05) is 23.3 Å². The van der Waals surface area contributed by atoms with E-state index >= 15 is 0 Å². The summed E-state index contributed by atoms with van der Waals surface area (Å²) < 4.78 is 0. The first-order chi connectivity index (χ1) is 14.9. The summed E-state index contributed by atoms with van der Waals surface area (Å²) in [6.07, 6.45) is 5.76. The molecule has 7 heteroatoms. The zero-order valence-corrected chi connectivity index (χ0v) is 18.2. The quantitative estimate of drug-likeness (QED) is 0.509. The van der Waals surface area contributed by atoms with Crippen molar-refractivity contribution in [2.75, 3.05) is 5.32 Å². The number of amides is 3. The molecule has 0 bridgehead atoms. The molecule has 3 N–H and O–H groups in total. The van der Waals surface area contributed by atoms with E-state index in [1.54, 1.807) is 6.92 Å². The molecule has 0 radical (unpaired) electrons. The first-order valence-electron chi connectivity index (χ1n) is 11.7. The summed E-state index contributed by atoms with van der Waals surface area (Å²) in [5.41, 5.74) is 1.14. The van der Waals surface area contributed by atoms with Crippen molar-refractivity contribution in [3.05, 3.63) is 29.3 Å². The number of likely N-dealkylation sites (tertiary alicyclic amines) is 1. The summed E-state index contributed by atoms with van der Waals surface area (Å²) in [7, 11) is 0. The molecule has 1 aromatic carbocycles. The number of carbonyl (C=O) groups is 3. The lowest BCUT2D eigenvalue weighted by Crippen LogP contribution is -2.55. The number of fused-ring (bicyclic) bond motifs is 4. The van der Waals surface area contributed by atoms with Crippen molar-refractivity contribution in [2.24, 2.45) is 11.8 Å². The Kier molecular flexibility index (Phi) is 4.94. The highest BCUT2D eigenvalue weighted by Crippen LogP contribution is 2.54. The Morgan fingerprint density at radius 1 is 1.13 bits per heavy atom. The fourth-order valence-electron chi connectivity index (χ4n) is 6.43. The summed E-state index contributed by atoms with van der Waals surface area (Å²) >= 11 is 0. The van der Waals surface area contributed by atoms with Gasteiger partial charge in [-0.15, -0.1) is 0 Å². The van der Waals surface area contributed by atoms with Crippen LogP contribution in [-0.4, -0.2) is 45.9 Å². The minimum absolute atomic E-state index is 0.106. The van der Waals surface area contributed by atoms with Gasteiger partial charge in [-0.1, -0.05) is 50.8 Å². The summed E-state index contributed by atoms with van der Waals surface area (Å²) in [6, 6.07) is 4.98. The molecule has 5 atom stereocenters. The average molecular weight is 426 g/mol. The molecule has 4 aliphatic rings. The second kappa shape index (κ2) is 7.41. The van der Waals surface area contributed by atoms with E-state index in [2.05, 4.69) is 10.6 Å². The van der Waals surface area contributed by atoms with Gasteiger partial charge in [-0.3, -0.25) is 24.6 Å². The number of nitrogens with zero attached hydrogens (tertiary/aromatic N) is 1. The van der Waals surface area contributed by atoms with Crippen molar-refractivity contribution in [1.29, 1.82) is 0 Å². The van der Waals surface area contributed by atoms with Crippen molar-refractivity contribution in [3.63, 3.8) is 0 Å². The molecule has 1 saturated carbocycles. The molecule has 0 unspecified atom stereocenters. The van der Waals surface area contributed by atoms with Crippen LogP contribution in [0, 0.1) is 11.8 Å². The zero-order chi connectivity index (χ0) is 21.9. The predicted octanol–water partition coefficient (Wildman–Crippen LogP) is 2.07. The lowest BCUT2D eigenvalue weighted by Gasteiger charge is -2.32. The zero-order valence-electron chi connectivity index (χ0n) is 18.2. The molecule has 3 fully saturated rings. The number of aryl methyl sites for hydroxylation is 1. The number of rotatable bonds is 3. The van der Waals surface area contributed by atoms with E-state index < -0.39 is 29.5 Å². The summed E-state index contributed by atoms with van der Waals surface area (Å²) in [5.74, 6) is -2.37. The Balaban J connectivity index is 1.63. The van der Waals surface area contributed by atoms with E-state index in [0.29, 0.717) is 0 Å². The number of carbonyl (C=O) groups excluding carboxylic acids is 3. The molecule has 3 aliphatic heterocycles. The maximum absolute atomic E-state index is 13.9. The molecular formula is C24H31N3O4. The molecule has 2 saturated heterocycles.